The van der Waals surface area contributed by atoms with E-state index < -0.39 is 10.9 Å². The van der Waals surface area contributed by atoms with Crippen molar-refractivity contribution < 1.29 is 24.0 Å². The summed E-state index contributed by atoms with van der Waals surface area (Å²) in [5.41, 5.74) is 2.12. The van der Waals surface area contributed by atoms with Gasteiger partial charge >= 0.3 is 5.97 Å². The van der Waals surface area contributed by atoms with Crippen LogP contribution in [-0.2, 0) is 4.74 Å². The Labute approximate surface area is 150 Å². The second-order valence-corrected chi connectivity index (χ2v) is 5.76. The van der Waals surface area contributed by atoms with E-state index in [2.05, 4.69) is 4.98 Å². The van der Waals surface area contributed by atoms with Crippen LogP contribution in [0.5, 0.6) is 5.75 Å². The van der Waals surface area contributed by atoms with Crippen molar-refractivity contribution in [3.8, 4) is 5.75 Å². The number of rotatable bonds is 7. The molecule has 0 amide bonds. The second-order valence-electron chi connectivity index (χ2n) is 5.76. The molecule has 0 atom stereocenters. The number of esters is 1. The molecule has 0 bridgehead atoms. The minimum Gasteiger partial charge on any atom is -0.485 e. The molecular formula is C18H20N2O6. The van der Waals surface area contributed by atoms with Crippen LogP contribution in [0.2, 0.25) is 0 Å². The molecule has 0 fully saturated rings. The average molecular weight is 360 g/mol. The maximum absolute atomic E-state index is 12.5. The number of benzene rings is 1. The number of aromatic amines is 1. The number of H-pyrrole nitrogens is 1. The van der Waals surface area contributed by atoms with Crippen molar-refractivity contribution in [2.75, 3.05) is 13.2 Å². The number of nitrogens with zero attached hydrogens (tertiary/aromatic N) is 1. The van der Waals surface area contributed by atoms with Crippen LogP contribution in [0.25, 0.3) is 0 Å². The number of nitro groups is 1. The number of ketones is 1. The zero-order valence-corrected chi connectivity index (χ0v) is 15.0. The zero-order valence-electron chi connectivity index (χ0n) is 15.0. The first kappa shape index (κ1) is 19.2. The Balaban J connectivity index is 2.15. The van der Waals surface area contributed by atoms with Crippen LogP contribution in [-0.4, -0.2) is 34.9 Å². The highest BCUT2D eigenvalue weighted by atomic mass is 16.6. The normalized spacial score (nSPS) is 10.5. The Bertz CT molecular complexity index is 869. The summed E-state index contributed by atoms with van der Waals surface area (Å²) < 4.78 is 10.4. The highest BCUT2D eigenvalue weighted by molar-refractivity contribution is 6.03. The van der Waals surface area contributed by atoms with Crippen molar-refractivity contribution >= 4 is 17.4 Å². The van der Waals surface area contributed by atoms with E-state index in [9.17, 15) is 19.7 Å². The molecule has 138 valence electrons. The summed E-state index contributed by atoms with van der Waals surface area (Å²) in [4.78, 5) is 37.6. The second kappa shape index (κ2) is 7.81. The van der Waals surface area contributed by atoms with Crippen LogP contribution < -0.4 is 4.74 Å². The lowest BCUT2D eigenvalue weighted by molar-refractivity contribution is -0.385. The molecule has 0 aliphatic carbocycles. The molecule has 0 saturated carbocycles. The van der Waals surface area contributed by atoms with Gasteiger partial charge in [-0.1, -0.05) is 0 Å². The molecule has 0 aliphatic rings. The molecule has 26 heavy (non-hydrogen) atoms. The Morgan fingerprint density at radius 3 is 2.50 bits per heavy atom. The molecule has 0 aliphatic heterocycles. The number of Topliss-reactive ketones (excluding diaryl/α,β-unsaturated/α-hetero) is 1. The largest absolute Gasteiger partial charge is 0.485 e. The quantitative estimate of drug-likeness (QED) is 0.351. The Hall–Kier alpha value is -3.16. The summed E-state index contributed by atoms with van der Waals surface area (Å²) in [5, 5.41) is 10.8. The summed E-state index contributed by atoms with van der Waals surface area (Å²) in [6.07, 6.45) is 0. The number of carbonyl (C=O) groups excluding carboxylic acids is 2. The van der Waals surface area contributed by atoms with Gasteiger partial charge in [-0.05, 0) is 45.4 Å². The van der Waals surface area contributed by atoms with E-state index in [-0.39, 0.29) is 30.4 Å². The van der Waals surface area contributed by atoms with Gasteiger partial charge in [0.2, 0.25) is 5.78 Å². The Kier molecular flexibility index (Phi) is 5.76. The monoisotopic (exact) mass is 360 g/mol. The van der Waals surface area contributed by atoms with Crippen LogP contribution in [0.15, 0.2) is 18.2 Å². The van der Waals surface area contributed by atoms with Gasteiger partial charge in [0.25, 0.3) is 5.69 Å². The van der Waals surface area contributed by atoms with E-state index in [1.54, 1.807) is 27.7 Å². The summed E-state index contributed by atoms with van der Waals surface area (Å²) in [6.45, 7) is 6.65. The predicted molar refractivity (Wildman–Crippen MR) is 93.9 cm³/mol. The van der Waals surface area contributed by atoms with Gasteiger partial charge in [0.1, 0.15) is 11.4 Å². The first-order chi connectivity index (χ1) is 12.3. The van der Waals surface area contributed by atoms with E-state index in [1.165, 1.54) is 18.2 Å². The van der Waals surface area contributed by atoms with Crippen LogP contribution >= 0.6 is 0 Å². The number of ether oxygens (including phenoxy) is 2. The van der Waals surface area contributed by atoms with Crippen molar-refractivity contribution in [2.45, 2.75) is 27.7 Å². The minimum atomic E-state index is -0.515. The maximum Gasteiger partial charge on any atom is 0.355 e. The Morgan fingerprint density at radius 1 is 1.23 bits per heavy atom. The molecule has 8 nitrogen and oxygen atoms in total. The van der Waals surface area contributed by atoms with E-state index in [0.717, 1.165) is 0 Å². The van der Waals surface area contributed by atoms with Gasteiger partial charge in [-0.2, -0.15) is 0 Å². The first-order valence-electron chi connectivity index (χ1n) is 8.03. The molecule has 0 spiro atoms. The Morgan fingerprint density at radius 2 is 1.92 bits per heavy atom. The predicted octanol–water partition coefficient (Wildman–Crippen LogP) is 3.29. The maximum atomic E-state index is 12.5. The number of aryl methyl sites for hydroxylation is 2. The lowest BCUT2D eigenvalue weighted by Gasteiger charge is -2.07. The smallest absolute Gasteiger partial charge is 0.355 e. The number of hydrogen-bond donors (Lipinski definition) is 1. The van der Waals surface area contributed by atoms with Crippen LogP contribution in [0.4, 0.5) is 5.69 Å². The molecular weight excluding hydrogens is 340 g/mol. The topological polar surface area (TPSA) is 112 Å². The standard InChI is InChI=1S/C18H20N2O6/c1-5-25-18(22)17-11(3)16(12(4)19-17)15(21)9-26-13-6-7-14(20(23)24)10(2)8-13/h6-8,19H,5,9H2,1-4H3. The lowest BCUT2D eigenvalue weighted by Crippen LogP contribution is -2.14. The van der Waals surface area contributed by atoms with Crippen LogP contribution in [0.1, 0.15) is 44.6 Å². The van der Waals surface area contributed by atoms with Gasteiger partial charge in [-0.25, -0.2) is 4.79 Å². The third-order valence-electron chi connectivity index (χ3n) is 3.93. The third kappa shape index (κ3) is 3.90. The van der Waals surface area contributed by atoms with Crippen molar-refractivity contribution in [1.29, 1.82) is 0 Å². The molecule has 0 radical (unpaired) electrons. The highest BCUT2D eigenvalue weighted by Crippen LogP contribution is 2.24. The highest BCUT2D eigenvalue weighted by Gasteiger charge is 2.23. The average Bonchev–Trinajstić information content (AvgIpc) is 2.87. The number of nitrogens with one attached hydrogen (secondary N) is 1. The lowest BCUT2D eigenvalue weighted by atomic mass is 10.1. The van der Waals surface area contributed by atoms with Gasteiger partial charge in [0.05, 0.1) is 11.5 Å². The van der Waals surface area contributed by atoms with Gasteiger partial charge in [0, 0.05) is 22.9 Å². The SMILES string of the molecule is CCOC(=O)c1[nH]c(C)c(C(=O)COc2ccc([N+](=O)[O-])c(C)c2)c1C. The summed E-state index contributed by atoms with van der Waals surface area (Å²) in [7, 11) is 0. The fourth-order valence-electron chi connectivity index (χ4n) is 2.72. The van der Waals surface area contributed by atoms with Crippen LogP contribution in [0, 0.1) is 30.9 Å². The third-order valence-corrected chi connectivity index (χ3v) is 3.93. The first-order valence-corrected chi connectivity index (χ1v) is 8.03. The molecule has 1 aromatic heterocycles. The number of hydrogen-bond acceptors (Lipinski definition) is 6. The minimum absolute atomic E-state index is 0.0138. The fraction of sp³-hybridized carbons (Fsp3) is 0.333. The van der Waals surface area contributed by atoms with Crippen molar-refractivity contribution in [2.24, 2.45) is 0 Å². The number of carbonyl (C=O) groups is 2. The van der Waals surface area contributed by atoms with Crippen molar-refractivity contribution in [3.05, 3.63) is 56.4 Å². The summed E-state index contributed by atoms with van der Waals surface area (Å²) >= 11 is 0. The molecule has 2 aromatic rings. The fourth-order valence-corrected chi connectivity index (χ4v) is 2.72. The van der Waals surface area contributed by atoms with Gasteiger partial charge in [-0.15, -0.1) is 0 Å². The molecule has 8 heteroatoms. The van der Waals surface area contributed by atoms with Crippen LogP contribution in [0.3, 0.4) is 0 Å². The van der Waals surface area contributed by atoms with Gasteiger partial charge < -0.3 is 14.5 Å². The molecule has 2 rings (SSSR count). The molecule has 1 aromatic carbocycles. The molecule has 0 saturated heterocycles. The number of nitro benzene ring substituents is 1. The summed E-state index contributed by atoms with van der Waals surface area (Å²) in [6, 6.07) is 4.28. The van der Waals surface area contributed by atoms with E-state index in [0.29, 0.717) is 28.1 Å². The van der Waals surface area contributed by atoms with E-state index in [1.807, 2.05) is 0 Å². The zero-order chi connectivity index (χ0) is 19.4. The van der Waals surface area contributed by atoms with Crippen molar-refractivity contribution in [1.82, 2.24) is 4.98 Å². The molecule has 1 N–H and O–H groups in total. The van der Waals surface area contributed by atoms with Gasteiger partial charge in [-0.3, -0.25) is 14.9 Å². The molecule has 0 unspecified atom stereocenters. The molecule has 1 heterocycles. The van der Waals surface area contributed by atoms with E-state index >= 15 is 0 Å². The van der Waals surface area contributed by atoms with Gasteiger partial charge in [0.15, 0.2) is 6.61 Å². The number of aromatic nitrogens is 1. The van der Waals surface area contributed by atoms with E-state index in [4.69, 9.17) is 9.47 Å². The van der Waals surface area contributed by atoms with Crippen molar-refractivity contribution in [3.63, 3.8) is 0 Å². The summed E-state index contributed by atoms with van der Waals surface area (Å²) in [5.74, 6) is -0.459.